The van der Waals surface area contributed by atoms with E-state index in [9.17, 15) is 14.4 Å². The van der Waals surface area contributed by atoms with Crippen molar-refractivity contribution in [2.45, 2.75) is 123 Å². The van der Waals surface area contributed by atoms with Crippen LogP contribution in [0.15, 0.2) is 46.1 Å². The molecule has 0 aliphatic carbocycles. The minimum Gasteiger partial charge on any atom is -0.459 e. The number of nitrogens with zero attached hydrogens (tertiary/aromatic N) is 3. The quantitative estimate of drug-likeness (QED) is 0.159. The van der Waals surface area contributed by atoms with Crippen LogP contribution in [-0.4, -0.2) is 39.9 Å². The third-order valence-corrected chi connectivity index (χ3v) is 7.76. The summed E-state index contributed by atoms with van der Waals surface area (Å²) in [5.41, 5.74) is 0.603. The van der Waals surface area contributed by atoms with Crippen LogP contribution in [0.4, 0.5) is 0 Å². The summed E-state index contributed by atoms with van der Waals surface area (Å²) in [4.78, 5) is 45.4. The molecule has 2 aromatic rings. The summed E-state index contributed by atoms with van der Waals surface area (Å²) in [7, 11) is 1.80. The van der Waals surface area contributed by atoms with Crippen molar-refractivity contribution in [3.05, 3.63) is 68.5 Å². The van der Waals surface area contributed by atoms with Gasteiger partial charge in [0.1, 0.15) is 12.7 Å². The summed E-state index contributed by atoms with van der Waals surface area (Å²) in [5.74, 6) is -0.399. The minimum atomic E-state index is -0.399. The van der Waals surface area contributed by atoms with Gasteiger partial charge < -0.3 is 9.30 Å². The van der Waals surface area contributed by atoms with E-state index >= 15 is 0 Å². The van der Waals surface area contributed by atoms with Crippen LogP contribution in [0.1, 0.15) is 119 Å². The SMILES string of the molecule is CCCCCCCCn1cc([C@@H]2C[C@H](COC(=O)c3ccccc3)ON2C)c(=O)n(CCCCCCCC)c1=O. The number of benzene rings is 1. The Labute approximate surface area is 239 Å². The maximum Gasteiger partial charge on any atom is 0.338 e. The van der Waals surface area contributed by atoms with Crippen LogP contribution in [0.5, 0.6) is 0 Å². The van der Waals surface area contributed by atoms with Gasteiger partial charge in [0.15, 0.2) is 0 Å². The first-order valence-corrected chi connectivity index (χ1v) is 15.4. The summed E-state index contributed by atoms with van der Waals surface area (Å²) in [6.07, 6.45) is 15.2. The van der Waals surface area contributed by atoms with E-state index in [0.717, 1.165) is 38.5 Å². The monoisotopic (exact) mass is 555 g/mol. The lowest BCUT2D eigenvalue weighted by Crippen LogP contribution is -2.43. The summed E-state index contributed by atoms with van der Waals surface area (Å²) in [6, 6.07) is 8.55. The molecule has 8 heteroatoms. The van der Waals surface area contributed by atoms with E-state index in [1.165, 1.54) is 43.1 Å². The first kappa shape index (κ1) is 31.8. The number of hydroxylamine groups is 2. The Morgan fingerprint density at radius 1 is 0.875 bits per heavy atom. The van der Waals surface area contributed by atoms with Crippen molar-refractivity contribution in [2.24, 2.45) is 0 Å². The van der Waals surface area contributed by atoms with E-state index in [4.69, 9.17) is 9.57 Å². The summed E-state index contributed by atoms with van der Waals surface area (Å²) in [5, 5.41) is 1.67. The Balaban J connectivity index is 1.71. The molecule has 2 heterocycles. The van der Waals surface area contributed by atoms with Crippen molar-refractivity contribution >= 4 is 5.97 Å². The summed E-state index contributed by atoms with van der Waals surface area (Å²) >= 11 is 0. The standard InChI is InChI=1S/C32H49N3O5/c1-4-6-8-10-12-17-21-34-24-28(30(36)35(32(34)38)22-18-13-11-9-7-5-2)29-23-27(40-33(29)3)25-39-31(37)26-19-15-14-16-20-26/h14-16,19-20,24,27,29H,4-13,17-18,21-23,25H2,1-3H3/t27-,29+/m1/s1. The van der Waals surface area contributed by atoms with E-state index in [1.807, 2.05) is 6.07 Å². The predicted molar refractivity (Wildman–Crippen MR) is 158 cm³/mol. The molecule has 0 saturated carbocycles. The van der Waals surface area contributed by atoms with Gasteiger partial charge in [-0.3, -0.25) is 14.2 Å². The zero-order chi connectivity index (χ0) is 28.7. The molecule has 40 heavy (non-hydrogen) atoms. The van der Waals surface area contributed by atoms with Crippen LogP contribution in [0.25, 0.3) is 0 Å². The molecule has 0 spiro atoms. The lowest BCUT2D eigenvalue weighted by Gasteiger charge is -2.20. The highest BCUT2D eigenvalue weighted by molar-refractivity contribution is 5.89. The van der Waals surface area contributed by atoms with Gasteiger partial charge in [-0.2, -0.15) is 5.06 Å². The fourth-order valence-corrected chi connectivity index (χ4v) is 5.37. The third-order valence-electron chi connectivity index (χ3n) is 7.76. The second-order valence-corrected chi connectivity index (χ2v) is 11.0. The topological polar surface area (TPSA) is 82.8 Å². The predicted octanol–water partition coefficient (Wildman–Crippen LogP) is 6.26. The highest BCUT2D eigenvalue weighted by Crippen LogP contribution is 2.31. The molecule has 8 nitrogen and oxygen atoms in total. The van der Waals surface area contributed by atoms with Crippen molar-refractivity contribution in [1.29, 1.82) is 0 Å². The average molecular weight is 556 g/mol. The van der Waals surface area contributed by atoms with Crippen molar-refractivity contribution in [3.63, 3.8) is 0 Å². The van der Waals surface area contributed by atoms with E-state index in [0.29, 0.717) is 30.6 Å². The molecule has 1 aromatic carbocycles. The van der Waals surface area contributed by atoms with Gasteiger partial charge in [-0.25, -0.2) is 9.59 Å². The van der Waals surface area contributed by atoms with Crippen molar-refractivity contribution in [3.8, 4) is 0 Å². The van der Waals surface area contributed by atoms with Gasteiger partial charge in [-0.1, -0.05) is 96.3 Å². The highest BCUT2D eigenvalue weighted by Gasteiger charge is 2.35. The maximum atomic E-state index is 13.6. The van der Waals surface area contributed by atoms with Crippen LogP contribution < -0.4 is 11.2 Å². The molecule has 1 aromatic heterocycles. The molecular formula is C32H49N3O5. The van der Waals surface area contributed by atoms with Crippen molar-refractivity contribution in [2.75, 3.05) is 13.7 Å². The largest absolute Gasteiger partial charge is 0.459 e. The Morgan fingerprint density at radius 3 is 2.12 bits per heavy atom. The Hall–Kier alpha value is -2.71. The first-order valence-electron chi connectivity index (χ1n) is 15.4. The minimum absolute atomic E-state index is 0.0952. The average Bonchev–Trinajstić information content (AvgIpc) is 3.34. The van der Waals surface area contributed by atoms with Gasteiger partial charge >= 0.3 is 11.7 Å². The number of ether oxygens (including phenoxy) is 1. The number of carbonyl (C=O) groups is 1. The van der Waals surface area contributed by atoms with Gasteiger partial charge in [0.25, 0.3) is 5.56 Å². The zero-order valence-corrected chi connectivity index (χ0v) is 24.8. The van der Waals surface area contributed by atoms with Gasteiger partial charge in [-0.05, 0) is 25.0 Å². The van der Waals surface area contributed by atoms with E-state index < -0.39 is 5.97 Å². The second kappa shape index (κ2) is 17.2. The Morgan fingerprint density at radius 2 is 1.48 bits per heavy atom. The fourth-order valence-electron chi connectivity index (χ4n) is 5.37. The molecule has 0 radical (unpaired) electrons. The highest BCUT2D eigenvalue weighted by atomic mass is 16.7. The van der Waals surface area contributed by atoms with Gasteiger partial charge in [0.2, 0.25) is 0 Å². The van der Waals surface area contributed by atoms with E-state index in [1.54, 1.807) is 47.1 Å². The molecule has 0 amide bonds. The number of esters is 1. The molecule has 222 valence electrons. The van der Waals surface area contributed by atoms with Crippen LogP contribution in [0.3, 0.4) is 0 Å². The Bertz CT molecular complexity index is 1140. The maximum absolute atomic E-state index is 13.6. The fraction of sp³-hybridized carbons (Fsp3) is 0.656. The molecule has 1 fully saturated rings. The van der Waals surface area contributed by atoms with Gasteiger partial charge in [-0.15, -0.1) is 0 Å². The second-order valence-electron chi connectivity index (χ2n) is 11.0. The van der Waals surface area contributed by atoms with Crippen LogP contribution >= 0.6 is 0 Å². The number of hydrogen-bond acceptors (Lipinski definition) is 6. The van der Waals surface area contributed by atoms with Crippen LogP contribution in [-0.2, 0) is 22.7 Å². The lowest BCUT2D eigenvalue weighted by atomic mass is 10.0. The zero-order valence-electron chi connectivity index (χ0n) is 24.8. The molecule has 0 N–H and O–H groups in total. The number of aromatic nitrogens is 2. The molecule has 1 saturated heterocycles. The van der Waals surface area contributed by atoms with Gasteiger partial charge in [0.05, 0.1) is 17.2 Å². The van der Waals surface area contributed by atoms with E-state index in [-0.39, 0.29) is 30.0 Å². The summed E-state index contributed by atoms with van der Waals surface area (Å²) < 4.78 is 8.66. The number of unbranched alkanes of at least 4 members (excludes halogenated alkanes) is 10. The smallest absolute Gasteiger partial charge is 0.338 e. The molecule has 3 rings (SSSR count). The first-order chi connectivity index (χ1) is 19.5. The molecule has 2 atom stereocenters. The van der Waals surface area contributed by atoms with E-state index in [2.05, 4.69) is 13.8 Å². The van der Waals surface area contributed by atoms with Crippen LogP contribution in [0, 0.1) is 0 Å². The molecule has 0 bridgehead atoms. The summed E-state index contributed by atoms with van der Waals surface area (Å²) in [6.45, 7) is 5.53. The lowest BCUT2D eigenvalue weighted by molar-refractivity contribution is -0.154. The molecular weight excluding hydrogens is 506 g/mol. The molecule has 1 aliphatic heterocycles. The van der Waals surface area contributed by atoms with Crippen molar-refractivity contribution < 1.29 is 14.4 Å². The Kier molecular flexibility index (Phi) is 13.7. The van der Waals surface area contributed by atoms with Crippen LogP contribution in [0.2, 0.25) is 0 Å². The van der Waals surface area contributed by atoms with Gasteiger partial charge in [0, 0.05) is 32.8 Å². The third kappa shape index (κ3) is 9.44. The number of rotatable bonds is 18. The number of carbonyl (C=O) groups excluding carboxylic acids is 1. The number of aryl methyl sites for hydroxylation is 1. The normalized spacial score (nSPS) is 17.4. The number of hydrogen-bond donors (Lipinski definition) is 0. The molecule has 1 aliphatic rings. The molecule has 0 unspecified atom stereocenters. The van der Waals surface area contributed by atoms with Crippen molar-refractivity contribution in [1.82, 2.24) is 14.2 Å².